The highest BCUT2D eigenvalue weighted by Gasteiger charge is 2.40. The van der Waals surface area contributed by atoms with E-state index in [9.17, 15) is 18.6 Å². The van der Waals surface area contributed by atoms with E-state index in [1.165, 1.54) is 0 Å². The third-order valence-electron chi connectivity index (χ3n) is 1.29. The largest absolute Gasteiger partial charge is 0.481 e. The molecule has 9 heteroatoms. The van der Waals surface area contributed by atoms with Crippen molar-refractivity contribution < 1.29 is 39.0 Å². The van der Waals surface area contributed by atoms with Crippen molar-refractivity contribution in [2.75, 3.05) is 12.5 Å². The van der Waals surface area contributed by atoms with Gasteiger partial charge >= 0.3 is 17.9 Å². The second kappa shape index (κ2) is 7.74. The van der Waals surface area contributed by atoms with Gasteiger partial charge in [0.25, 0.3) is 0 Å². The first-order valence-corrected chi connectivity index (χ1v) is 6.12. The second-order valence-corrected chi connectivity index (χ2v) is 4.70. The van der Waals surface area contributed by atoms with Crippen molar-refractivity contribution in [3.8, 4) is 0 Å². The van der Waals surface area contributed by atoms with Crippen LogP contribution in [0.2, 0.25) is 0 Å². The van der Waals surface area contributed by atoms with Crippen LogP contribution in [0.15, 0.2) is 0 Å². The summed E-state index contributed by atoms with van der Waals surface area (Å²) in [5.74, 6) is -5.02. The van der Waals surface area contributed by atoms with Gasteiger partial charge in [-0.3, -0.25) is 13.8 Å². The molecule has 0 aliphatic rings. The van der Waals surface area contributed by atoms with E-state index in [-0.39, 0.29) is 0 Å². The van der Waals surface area contributed by atoms with Gasteiger partial charge in [-0.15, -0.1) is 0 Å². The molecule has 0 aliphatic carbocycles. The van der Waals surface area contributed by atoms with Gasteiger partial charge in [0.1, 0.15) is 0 Å². The highest BCUT2D eigenvalue weighted by atomic mass is 32.2. The molecule has 0 spiro atoms. The molecule has 0 saturated heterocycles. The van der Waals surface area contributed by atoms with Crippen molar-refractivity contribution >= 4 is 28.7 Å². The van der Waals surface area contributed by atoms with Crippen molar-refractivity contribution in [1.29, 1.82) is 0 Å². The number of carboxylic acids is 3. The minimum Gasteiger partial charge on any atom is -0.481 e. The van der Waals surface area contributed by atoms with Crippen LogP contribution in [0, 0.1) is 0 Å². The fraction of sp³-hybridized carbons (Fsp3) is 0.625. The van der Waals surface area contributed by atoms with E-state index in [0.29, 0.717) is 0 Å². The zero-order valence-electron chi connectivity index (χ0n) is 9.24. The van der Waals surface area contributed by atoms with Crippen LogP contribution in [0.25, 0.3) is 0 Å². The Morgan fingerprint density at radius 2 is 1.24 bits per heavy atom. The molecule has 4 N–H and O–H groups in total. The van der Waals surface area contributed by atoms with Crippen molar-refractivity contribution in [1.82, 2.24) is 0 Å². The van der Waals surface area contributed by atoms with Crippen LogP contribution in [0.5, 0.6) is 0 Å². The van der Waals surface area contributed by atoms with Gasteiger partial charge in [-0.1, -0.05) is 0 Å². The van der Waals surface area contributed by atoms with Gasteiger partial charge in [0.15, 0.2) is 5.60 Å². The van der Waals surface area contributed by atoms with Crippen molar-refractivity contribution in [2.24, 2.45) is 0 Å². The monoisotopic (exact) mass is 270 g/mol. The molecule has 0 aromatic carbocycles. The molecule has 0 unspecified atom stereocenters. The van der Waals surface area contributed by atoms with Gasteiger partial charge in [0, 0.05) is 23.3 Å². The van der Waals surface area contributed by atoms with E-state index in [1.54, 1.807) is 12.5 Å². The van der Waals surface area contributed by atoms with Crippen LogP contribution in [0.4, 0.5) is 0 Å². The number of hydrogen-bond acceptors (Lipinski definition) is 5. The Morgan fingerprint density at radius 3 is 1.35 bits per heavy atom. The molecule has 0 aromatic heterocycles. The van der Waals surface area contributed by atoms with Gasteiger partial charge in [-0.2, -0.15) is 0 Å². The number of aliphatic carboxylic acids is 3. The summed E-state index contributed by atoms with van der Waals surface area (Å²) in [5, 5.41) is 33.8. The van der Waals surface area contributed by atoms with Gasteiger partial charge in [0.2, 0.25) is 0 Å². The van der Waals surface area contributed by atoms with Crippen LogP contribution in [-0.4, -0.2) is 60.7 Å². The minimum atomic E-state index is -2.74. The normalized spacial score (nSPS) is 10.4. The lowest BCUT2D eigenvalue weighted by atomic mass is 9.96. The van der Waals surface area contributed by atoms with Gasteiger partial charge < -0.3 is 20.4 Å². The van der Waals surface area contributed by atoms with Crippen LogP contribution in [0.1, 0.15) is 12.8 Å². The molecule has 0 rings (SSSR count). The van der Waals surface area contributed by atoms with Gasteiger partial charge in [-0.05, 0) is 0 Å². The molecule has 17 heavy (non-hydrogen) atoms. The number of aliphatic hydroxyl groups is 1. The Balaban J connectivity index is 0. The number of rotatable bonds is 5. The zero-order chi connectivity index (χ0) is 14.2. The summed E-state index contributed by atoms with van der Waals surface area (Å²) < 4.78 is 9.56. The molecule has 0 saturated carbocycles. The summed E-state index contributed by atoms with van der Waals surface area (Å²) in [6, 6.07) is 0. The predicted molar refractivity (Wildman–Crippen MR) is 57.1 cm³/mol. The molecule has 8 nitrogen and oxygen atoms in total. The van der Waals surface area contributed by atoms with E-state index in [4.69, 9.17) is 20.4 Å². The molecule has 0 heterocycles. The summed E-state index contributed by atoms with van der Waals surface area (Å²) >= 11 is 0. The molecule has 0 bridgehead atoms. The van der Waals surface area contributed by atoms with E-state index in [1.807, 2.05) is 0 Å². The summed E-state index contributed by atoms with van der Waals surface area (Å²) in [7, 11) is -0.611. The SMILES string of the molecule is CS(C)=O.O=C(O)CC(O)(CC(=O)O)C(=O)O. The summed E-state index contributed by atoms with van der Waals surface area (Å²) in [6.07, 6.45) is 0.989. The first-order chi connectivity index (χ1) is 7.51. The van der Waals surface area contributed by atoms with E-state index < -0.39 is 47.2 Å². The average Bonchev–Trinajstić information content (AvgIpc) is 1.98. The maximum Gasteiger partial charge on any atom is 0.336 e. The van der Waals surface area contributed by atoms with Crippen molar-refractivity contribution in [2.45, 2.75) is 18.4 Å². The Labute approximate surface area is 99.3 Å². The van der Waals surface area contributed by atoms with Crippen molar-refractivity contribution in [3.63, 3.8) is 0 Å². The first-order valence-electron chi connectivity index (χ1n) is 4.15. The molecule has 0 atom stereocenters. The quantitative estimate of drug-likeness (QED) is 0.484. The van der Waals surface area contributed by atoms with Crippen LogP contribution in [-0.2, 0) is 25.2 Å². The molecule has 0 aromatic rings. The lowest BCUT2D eigenvalue weighted by molar-refractivity contribution is -0.170. The lowest BCUT2D eigenvalue weighted by Crippen LogP contribution is -2.42. The Kier molecular flexibility index (Phi) is 8.15. The van der Waals surface area contributed by atoms with Crippen LogP contribution < -0.4 is 0 Å². The molecule has 100 valence electrons. The highest BCUT2D eigenvalue weighted by Crippen LogP contribution is 2.15. The molecule has 0 fully saturated rings. The second-order valence-electron chi connectivity index (χ2n) is 3.22. The summed E-state index contributed by atoms with van der Waals surface area (Å²) in [6.45, 7) is 0. The predicted octanol–water partition coefficient (Wildman–Crippen LogP) is -1.25. The topological polar surface area (TPSA) is 149 Å². The third-order valence-corrected chi connectivity index (χ3v) is 1.29. The first kappa shape index (κ1) is 17.9. The van der Waals surface area contributed by atoms with Gasteiger partial charge in [-0.25, -0.2) is 4.79 Å². The molecule has 0 aliphatic heterocycles. The zero-order valence-corrected chi connectivity index (χ0v) is 10.1. The molecule has 0 amide bonds. The standard InChI is InChI=1S/C6H8O7.C2H6OS/c7-3(8)1-6(13,5(11)12)2-4(9)10;1-4(2)3/h13H,1-2H2,(H,7,8)(H,9,10)(H,11,12);1-2H3. The maximum atomic E-state index is 10.3. The lowest BCUT2D eigenvalue weighted by Gasteiger charge is -2.18. The fourth-order valence-electron chi connectivity index (χ4n) is 0.714. The smallest absolute Gasteiger partial charge is 0.336 e. The summed E-state index contributed by atoms with van der Waals surface area (Å²) in [5.41, 5.74) is -2.74. The van der Waals surface area contributed by atoms with E-state index >= 15 is 0 Å². The third kappa shape index (κ3) is 10.8. The fourth-order valence-corrected chi connectivity index (χ4v) is 0.714. The number of carbonyl (C=O) groups is 3. The molecular formula is C8H14O8S. The van der Waals surface area contributed by atoms with Crippen LogP contribution in [0.3, 0.4) is 0 Å². The Hall–Kier alpha value is -1.48. The summed E-state index contributed by atoms with van der Waals surface area (Å²) in [4.78, 5) is 30.5. The molecular weight excluding hydrogens is 256 g/mol. The van der Waals surface area contributed by atoms with E-state index in [0.717, 1.165) is 0 Å². The van der Waals surface area contributed by atoms with E-state index in [2.05, 4.69) is 0 Å². The minimum absolute atomic E-state index is 0.611. The maximum absolute atomic E-state index is 10.3. The van der Waals surface area contributed by atoms with Gasteiger partial charge in [0.05, 0.1) is 12.8 Å². The number of hydrogen-bond donors (Lipinski definition) is 4. The Morgan fingerprint density at radius 1 is 1.00 bits per heavy atom. The molecule has 0 radical (unpaired) electrons. The average molecular weight is 270 g/mol. The highest BCUT2D eigenvalue weighted by molar-refractivity contribution is 7.83. The Bertz CT molecular complexity index is 303. The van der Waals surface area contributed by atoms with Crippen LogP contribution >= 0.6 is 0 Å². The van der Waals surface area contributed by atoms with Crippen molar-refractivity contribution in [3.05, 3.63) is 0 Å². The number of carboxylic acid groups (broad SMARTS) is 3.